The topological polar surface area (TPSA) is 64.2 Å². The van der Waals surface area contributed by atoms with E-state index in [1.807, 2.05) is 35.7 Å². The van der Waals surface area contributed by atoms with Gasteiger partial charge in [0.25, 0.3) is 5.56 Å². The molecule has 5 nitrogen and oxygen atoms in total. The molecule has 1 aromatic carbocycles. The van der Waals surface area contributed by atoms with Crippen molar-refractivity contribution in [1.82, 2.24) is 9.55 Å². The predicted molar refractivity (Wildman–Crippen MR) is 107 cm³/mol. The summed E-state index contributed by atoms with van der Waals surface area (Å²) in [5.74, 6) is 0.728. The van der Waals surface area contributed by atoms with E-state index < -0.39 is 0 Å². The molecule has 2 N–H and O–H groups in total. The van der Waals surface area contributed by atoms with Crippen LogP contribution >= 0.6 is 27.3 Å². The quantitative estimate of drug-likeness (QED) is 0.708. The number of hydrogen-bond donors (Lipinski definition) is 1. The molecule has 1 fully saturated rings. The van der Waals surface area contributed by atoms with Crippen LogP contribution in [0.3, 0.4) is 0 Å². The SMILES string of the molecule is NC1CCCN(c2nc3ccsc3c(=O)n2Cc2cccc(Br)c2)C1. The van der Waals surface area contributed by atoms with E-state index in [2.05, 4.69) is 20.8 Å². The molecule has 0 amide bonds. The van der Waals surface area contributed by atoms with E-state index in [0.717, 1.165) is 47.4 Å². The predicted octanol–water partition coefficient (Wildman–Crippen LogP) is 3.20. The van der Waals surface area contributed by atoms with E-state index in [-0.39, 0.29) is 11.6 Å². The maximum atomic E-state index is 13.1. The van der Waals surface area contributed by atoms with Crippen LogP contribution in [0.5, 0.6) is 0 Å². The van der Waals surface area contributed by atoms with Crippen molar-refractivity contribution in [2.24, 2.45) is 5.73 Å². The maximum Gasteiger partial charge on any atom is 0.273 e. The Labute approximate surface area is 158 Å². The number of piperidine rings is 1. The third kappa shape index (κ3) is 3.36. The molecule has 0 bridgehead atoms. The standard InChI is InChI=1S/C18H19BrN4OS/c19-13-4-1-3-12(9-13)10-23-17(24)16-15(6-8-25-16)21-18(23)22-7-2-5-14(20)11-22/h1,3-4,6,8-9,14H,2,5,7,10-11,20H2. The van der Waals surface area contributed by atoms with Crippen LogP contribution in [0, 0.1) is 0 Å². The average molecular weight is 419 g/mol. The summed E-state index contributed by atoms with van der Waals surface area (Å²) in [6.07, 6.45) is 2.04. The zero-order chi connectivity index (χ0) is 17.4. The van der Waals surface area contributed by atoms with E-state index in [1.165, 1.54) is 11.3 Å². The molecule has 1 aliphatic heterocycles. The van der Waals surface area contributed by atoms with Crippen molar-refractivity contribution in [2.75, 3.05) is 18.0 Å². The largest absolute Gasteiger partial charge is 0.341 e. The Morgan fingerprint density at radius 3 is 3.04 bits per heavy atom. The van der Waals surface area contributed by atoms with E-state index in [1.54, 1.807) is 4.57 Å². The zero-order valence-corrected chi connectivity index (χ0v) is 16.1. The van der Waals surface area contributed by atoms with Crippen molar-refractivity contribution in [3.05, 3.63) is 56.1 Å². The van der Waals surface area contributed by atoms with Crippen molar-refractivity contribution in [1.29, 1.82) is 0 Å². The summed E-state index contributed by atoms with van der Waals surface area (Å²) in [5.41, 5.74) is 8.02. The van der Waals surface area contributed by atoms with Crippen LogP contribution in [0.4, 0.5) is 5.95 Å². The van der Waals surface area contributed by atoms with Gasteiger partial charge in [-0.15, -0.1) is 11.3 Å². The van der Waals surface area contributed by atoms with Crippen LogP contribution in [0.2, 0.25) is 0 Å². The lowest BCUT2D eigenvalue weighted by Crippen LogP contribution is -2.45. The number of hydrogen-bond acceptors (Lipinski definition) is 5. The van der Waals surface area contributed by atoms with Gasteiger partial charge in [0.15, 0.2) is 0 Å². The number of benzene rings is 1. The average Bonchev–Trinajstić information content (AvgIpc) is 3.06. The lowest BCUT2D eigenvalue weighted by molar-refractivity contribution is 0.492. The first-order valence-electron chi connectivity index (χ1n) is 8.35. The fourth-order valence-electron chi connectivity index (χ4n) is 3.33. The minimum atomic E-state index is 0.0223. The maximum absolute atomic E-state index is 13.1. The summed E-state index contributed by atoms with van der Waals surface area (Å²) < 4.78 is 3.50. The summed E-state index contributed by atoms with van der Waals surface area (Å²) in [5, 5.41) is 1.92. The number of aromatic nitrogens is 2. The molecule has 1 atom stereocenters. The molecule has 1 aliphatic rings. The van der Waals surface area contributed by atoms with Gasteiger partial charge in [0.2, 0.25) is 5.95 Å². The van der Waals surface area contributed by atoms with E-state index >= 15 is 0 Å². The van der Waals surface area contributed by atoms with Crippen LogP contribution in [0.1, 0.15) is 18.4 Å². The van der Waals surface area contributed by atoms with Gasteiger partial charge in [0.1, 0.15) is 4.70 Å². The number of anilines is 1. The molecule has 3 aromatic rings. The third-order valence-corrected chi connectivity index (χ3v) is 5.90. The van der Waals surface area contributed by atoms with Gasteiger partial charge in [-0.25, -0.2) is 4.98 Å². The lowest BCUT2D eigenvalue weighted by atomic mass is 10.1. The molecule has 25 heavy (non-hydrogen) atoms. The van der Waals surface area contributed by atoms with Crippen molar-refractivity contribution in [3.63, 3.8) is 0 Å². The van der Waals surface area contributed by atoms with Crippen LogP contribution in [0.25, 0.3) is 10.2 Å². The Morgan fingerprint density at radius 2 is 2.24 bits per heavy atom. The first-order valence-corrected chi connectivity index (χ1v) is 10.0. The van der Waals surface area contributed by atoms with Crippen molar-refractivity contribution < 1.29 is 0 Å². The monoisotopic (exact) mass is 418 g/mol. The fourth-order valence-corrected chi connectivity index (χ4v) is 4.55. The number of nitrogens with two attached hydrogens (primary N) is 1. The normalized spacial score (nSPS) is 18.0. The molecule has 130 valence electrons. The molecule has 7 heteroatoms. The van der Waals surface area contributed by atoms with Gasteiger partial charge in [-0.2, -0.15) is 0 Å². The van der Waals surface area contributed by atoms with Crippen LogP contribution in [0.15, 0.2) is 45.0 Å². The Bertz CT molecular complexity index is 967. The molecular formula is C18H19BrN4OS. The molecule has 2 aromatic heterocycles. The second-order valence-electron chi connectivity index (χ2n) is 6.42. The molecule has 0 spiro atoms. The highest BCUT2D eigenvalue weighted by Gasteiger charge is 2.23. The number of thiophene rings is 1. The highest BCUT2D eigenvalue weighted by Crippen LogP contribution is 2.23. The van der Waals surface area contributed by atoms with Gasteiger partial charge in [-0.3, -0.25) is 9.36 Å². The highest BCUT2D eigenvalue weighted by molar-refractivity contribution is 9.10. The number of rotatable bonds is 3. The molecule has 0 saturated carbocycles. The van der Waals surface area contributed by atoms with Gasteiger partial charge >= 0.3 is 0 Å². The van der Waals surface area contributed by atoms with Crippen molar-refractivity contribution in [2.45, 2.75) is 25.4 Å². The Morgan fingerprint density at radius 1 is 1.36 bits per heavy atom. The Hall–Kier alpha value is -1.70. The van der Waals surface area contributed by atoms with Gasteiger partial charge < -0.3 is 10.6 Å². The second kappa shape index (κ2) is 6.90. The lowest BCUT2D eigenvalue weighted by Gasteiger charge is -2.33. The Kier molecular flexibility index (Phi) is 4.62. The van der Waals surface area contributed by atoms with E-state index in [9.17, 15) is 4.79 Å². The van der Waals surface area contributed by atoms with E-state index in [0.29, 0.717) is 11.2 Å². The van der Waals surface area contributed by atoms with Gasteiger partial charge in [0, 0.05) is 23.6 Å². The summed E-state index contributed by atoms with van der Waals surface area (Å²) >= 11 is 4.95. The summed E-state index contributed by atoms with van der Waals surface area (Å²) in [4.78, 5) is 20.0. The minimum absolute atomic E-state index is 0.0223. The third-order valence-electron chi connectivity index (χ3n) is 4.52. The smallest absolute Gasteiger partial charge is 0.273 e. The van der Waals surface area contributed by atoms with Crippen LogP contribution < -0.4 is 16.2 Å². The number of fused-ring (bicyclic) bond motifs is 1. The Balaban J connectivity index is 1.83. The van der Waals surface area contributed by atoms with Gasteiger partial charge in [-0.1, -0.05) is 28.1 Å². The van der Waals surface area contributed by atoms with Crippen molar-refractivity contribution >= 4 is 43.4 Å². The van der Waals surface area contributed by atoms with E-state index in [4.69, 9.17) is 10.7 Å². The van der Waals surface area contributed by atoms with Crippen LogP contribution in [-0.4, -0.2) is 28.7 Å². The molecule has 1 unspecified atom stereocenters. The summed E-state index contributed by atoms with van der Waals surface area (Å²) in [6.45, 7) is 2.12. The highest BCUT2D eigenvalue weighted by atomic mass is 79.9. The second-order valence-corrected chi connectivity index (χ2v) is 8.25. The number of halogens is 1. The number of nitrogens with zero attached hydrogens (tertiary/aromatic N) is 3. The molecule has 3 heterocycles. The molecule has 4 rings (SSSR count). The first kappa shape index (κ1) is 16.8. The van der Waals surface area contributed by atoms with Gasteiger partial charge in [0.05, 0.1) is 12.1 Å². The van der Waals surface area contributed by atoms with Crippen molar-refractivity contribution in [3.8, 4) is 0 Å². The van der Waals surface area contributed by atoms with Crippen LogP contribution in [-0.2, 0) is 6.54 Å². The minimum Gasteiger partial charge on any atom is -0.341 e. The first-order chi connectivity index (χ1) is 12.1. The molecule has 0 aliphatic carbocycles. The summed E-state index contributed by atoms with van der Waals surface area (Å²) in [7, 11) is 0. The zero-order valence-electron chi connectivity index (χ0n) is 13.7. The molecular weight excluding hydrogens is 400 g/mol. The van der Waals surface area contributed by atoms with Gasteiger partial charge in [-0.05, 0) is 42.0 Å². The molecule has 1 saturated heterocycles. The molecule has 0 radical (unpaired) electrons. The summed E-state index contributed by atoms with van der Waals surface area (Å²) in [6, 6.07) is 10.1. The fraction of sp³-hybridized carbons (Fsp3) is 0.333.